The second-order valence-corrected chi connectivity index (χ2v) is 5.13. The Kier molecular flexibility index (Phi) is 4.49. The minimum absolute atomic E-state index is 0.0541. The Balaban J connectivity index is 2.27. The number of ether oxygens (including phenoxy) is 2. The first-order chi connectivity index (χ1) is 9.61. The molecule has 2 unspecified atom stereocenters. The van der Waals surface area contributed by atoms with Crippen molar-refractivity contribution in [3.63, 3.8) is 0 Å². The lowest BCUT2D eigenvalue weighted by Crippen LogP contribution is -2.56. The van der Waals surface area contributed by atoms with Crippen LogP contribution < -0.4 is 15.8 Å². The second-order valence-electron chi connectivity index (χ2n) is 5.13. The predicted molar refractivity (Wildman–Crippen MR) is 77.8 cm³/mol. The van der Waals surface area contributed by atoms with Crippen molar-refractivity contribution >= 4 is 11.6 Å². The number of nitrogens with one attached hydrogen (secondary N) is 1. The molecule has 20 heavy (non-hydrogen) atoms. The smallest absolute Gasteiger partial charge is 0.243 e. The molecule has 1 fully saturated rings. The van der Waals surface area contributed by atoms with Crippen LogP contribution in [-0.4, -0.2) is 31.3 Å². The van der Waals surface area contributed by atoms with Crippen LogP contribution >= 0.6 is 0 Å². The molecule has 5 nitrogen and oxygen atoms in total. The highest BCUT2D eigenvalue weighted by Gasteiger charge is 2.42. The Labute approximate surface area is 119 Å². The molecule has 2 rings (SSSR count). The van der Waals surface area contributed by atoms with Crippen molar-refractivity contribution in [1.29, 1.82) is 0 Å². The molecule has 0 aromatic heterocycles. The molecule has 3 N–H and O–H groups in total. The van der Waals surface area contributed by atoms with Crippen molar-refractivity contribution in [3.05, 3.63) is 24.3 Å². The van der Waals surface area contributed by atoms with Gasteiger partial charge in [-0.3, -0.25) is 4.79 Å². The SMILES string of the molecule is CCC1CC(Nc2ccccc2OC)(C(N)=O)CCO1. The molecular formula is C15H22N2O3. The first-order valence-corrected chi connectivity index (χ1v) is 6.94. The number of hydrogen-bond donors (Lipinski definition) is 2. The number of primary amides is 1. The summed E-state index contributed by atoms with van der Waals surface area (Å²) in [5, 5.41) is 3.30. The van der Waals surface area contributed by atoms with Crippen molar-refractivity contribution in [2.24, 2.45) is 5.73 Å². The van der Waals surface area contributed by atoms with Crippen molar-refractivity contribution < 1.29 is 14.3 Å². The van der Waals surface area contributed by atoms with Crippen LogP contribution in [0.25, 0.3) is 0 Å². The van der Waals surface area contributed by atoms with Crippen LogP contribution in [0.5, 0.6) is 5.75 Å². The summed E-state index contributed by atoms with van der Waals surface area (Å²) in [5.74, 6) is 0.359. The van der Waals surface area contributed by atoms with E-state index in [4.69, 9.17) is 15.2 Å². The van der Waals surface area contributed by atoms with E-state index in [1.54, 1.807) is 7.11 Å². The fraction of sp³-hybridized carbons (Fsp3) is 0.533. The monoisotopic (exact) mass is 278 g/mol. The maximum absolute atomic E-state index is 12.0. The van der Waals surface area contributed by atoms with Gasteiger partial charge in [-0.2, -0.15) is 0 Å². The number of hydrogen-bond acceptors (Lipinski definition) is 4. The number of nitrogens with two attached hydrogens (primary N) is 1. The minimum Gasteiger partial charge on any atom is -0.495 e. The Morgan fingerprint density at radius 3 is 2.95 bits per heavy atom. The van der Waals surface area contributed by atoms with Crippen LogP contribution in [0.3, 0.4) is 0 Å². The minimum atomic E-state index is -0.770. The van der Waals surface area contributed by atoms with Crippen LogP contribution in [0.4, 0.5) is 5.69 Å². The zero-order valence-corrected chi connectivity index (χ0v) is 12.0. The lowest BCUT2D eigenvalue weighted by Gasteiger charge is -2.39. The van der Waals surface area contributed by atoms with Gasteiger partial charge in [0.2, 0.25) is 5.91 Å². The maximum atomic E-state index is 12.0. The molecule has 0 bridgehead atoms. The zero-order chi connectivity index (χ0) is 14.6. The molecule has 5 heteroatoms. The largest absolute Gasteiger partial charge is 0.495 e. The molecule has 110 valence electrons. The second kappa shape index (κ2) is 6.13. The standard InChI is InChI=1S/C15H22N2O3/c1-3-11-10-15(14(16)18,8-9-20-11)17-12-6-4-5-7-13(12)19-2/h4-7,11,17H,3,8-10H2,1-2H3,(H2,16,18). The summed E-state index contributed by atoms with van der Waals surface area (Å²) >= 11 is 0. The first-order valence-electron chi connectivity index (χ1n) is 6.94. The van der Waals surface area contributed by atoms with Crippen LogP contribution in [0.15, 0.2) is 24.3 Å². The molecule has 1 saturated heterocycles. The third-order valence-corrected chi connectivity index (χ3v) is 3.87. The van der Waals surface area contributed by atoms with Crippen LogP contribution in [0, 0.1) is 0 Å². The lowest BCUT2D eigenvalue weighted by molar-refractivity contribution is -0.127. The van der Waals surface area contributed by atoms with Gasteiger partial charge in [0.1, 0.15) is 11.3 Å². The normalized spacial score (nSPS) is 26.0. The molecule has 0 spiro atoms. The van der Waals surface area contributed by atoms with E-state index in [2.05, 4.69) is 5.32 Å². The number of amides is 1. The summed E-state index contributed by atoms with van der Waals surface area (Å²) < 4.78 is 11.0. The third-order valence-electron chi connectivity index (χ3n) is 3.87. The molecule has 1 heterocycles. The van der Waals surface area contributed by atoms with Crippen molar-refractivity contribution in [2.45, 2.75) is 37.8 Å². The van der Waals surface area contributed by atoms with Gasteiger partial charge in [0.15, 0.2) is 0 Å². The highest BCUT2D eigenvalue weighted by molar-refractivity contribution is 5.88. The van der Waals surface area contributed by atoms with Gasteiger partial charge in [0.25, 0.3) is 0 Å². The van der Waals surface area contributed by atoms with Gasteiger partial charge in [-0.15, -0.1) is 0 Å². The fourth-order valence-electron chi connectivity index (χ4n) is 2.62. The van der Waals surface area contributed by atoms with Gasteiger partial charge < -0.3 is 20.5 Å². The van der Waals surface area contributed by atoms with Gasteiger partial charge in [0.05, 0.1) is 18.9 Å². The van der Waals surface area contributed by atoms with Crippen molar-refractivity contribution in [2.75, 3.05) is 19.0 Å². The van der Waals surface area contributed by atoms with E-state index in [1.807, 2.05) is 31.2 Å². The number of benzene rings is 1. The van der Waals surface area contributed by atoms with E-state index >= 15 is 0 Å². The molecular weight excluding hydrogens is 256 g/mol. The lowest BCUT2D eigenvalue weighted by atomic mass is 9.84. The van der Waals surface area contributed by atoms with E-state index < -0.39 is 5.54 Å². The van der Waals surface area contributed by atoms with Gasteiger partial charge >= 0.3 is 0 Å². The van der Waals surface area contributed by atoms with Gasteiger partial charge in [-0.05, 0) is 18.6 Å². The molecule has 0 aliphatic carbocycles. The average Bonchev–Trinajstić information content (AvgIpc) is 2.48. The number of carbonyl (C=O) groups excluding carboxylic acids is 1. The van der Waals surface area contributed by atoms with E-state index in [1.165, 1.54) is 0 Å². The number of anilines is 1. The summed E-state index contributed by atoms with van der Waals surface area (Å²) in [6.07, 6.45) is 2.06. The first kappa shape index (κ1) is 14.7. The van der Waals surface area contributed by atoms with Crippen LogP contribution in [-0.2, 0) is 9.53 Å². The molecule has 1 aromatic rings. The Hall–Kier alpha value is -1.75. The zero-order valence-electron chi connectivity index (χ0n) is 12.0. The summed E-state index contributed by atoms with van der Waals surface area (Å²) in [6.45, 7) is 2.58. The number of para-hydroxylation sites is 2. The van der Waals surface area contributed by atoms with Crippen molar-refractivity contribution in [1.82, 2.24) is 0 Å². The number of rotatable bonds is 5. The molecule has 1 aliphatic heterocycles. The highest BCUT2D eigenvalue weighted by Crippen LogP contribution is 2.33. The fourth-order valence-corrected chi connectivity index (χ4v) is 2.62. The summed E-state index contributed by atoms with van der Waals surface area (Å²) in [5.41, 5.74) is 5.67. The number of methoxy groups -OCH3 is 1. The Morgan fingerprint density at radius 2 is 2.30 bits per heavy atom. The topological polar surface area (TPSA) is 73.6 Å². The van der Waals surface area contributed by atoms with E-state index in [0.717, 1.165) is 12.1 Å². The Morgan fingerprint density at radius 1 is 1.55 bits per heavy atom. The molecule has 0 saturated carbocycles. The molecule has 2 atom stereocenters. The summed E-state index contributed by atoms with van der Waals surface area (Å²) in [7, 11) is 1.61. The third kappa shape index (κ3) is 2.88. The molecule has 1 amide bonds. The summed E-state index contributed by atoms with van der Waals surface area (Å²) in [6, 6.07) is 7.53. The Bertz CT molecular complexity index is 478. The molecule has 1 aliphatic rings. The van der Waals surface area contributed by atoms with Gasteiger partial charge in [-0.1, -0.05) is 19.1 Å². The van der Waals surface area contributed by atoms with E-state index in [0.29, 0.717) is 25.2 Å². The maximum Gasteiger partial charge on any atom is 0.243 e. The molecule has 1 aromatic carbocycles. The van der Waals surface area contributed by atoms with Gasteiger partial charge in [-0.25, -0.2) is 0 Å². The van der Waals surface area contributed by atoms with Crippen LogP contribution in [0.1, 0.15) is 26.2 Å². The van der Waals surface area contributed by atoms with E-state index in [-0.39, 0.29) is 12.0 Å². The van der Waals surface area contributed by atoms with Gasteiger partial charge in [0, 0.05) is 19.4 Å². The summed E-state index contributed by atoms with van der Waals surface area (Å²) in [4.78, 5) is 12.0. The highest BCUT2D eigenvalue weighted by atomic mass is 16.5. The predicted octanol–water partition coefficient (Wildman–Crippen LogP) is 1.92. The average molecular weight is 278 g/mol. The van der Waals surface area contributed by atoms with Crippen molar-refractivity contribution in [3.8, 4) is 5.75 Å². The molecule has 0 radical (unpaired) electrons. The van der Waals surface area contributed by atoms with Crippen LogP contribution in [0.2, 0.25) is 0 Å². The quantitative estimate of drug-likeness (QED) is 0.863. The van der Waals surface area contributed by atoms with E-state index in [9.17, 15) is 4.79 Å². The number of carbonyl (C=O) groups is 1.